The van der Waals surface area contributed by atoms with E-state index in [0.717, 1.165) is 0 Å². The second-order valence-electron chi connectivity index (χ2n) is 3.97. The monoisotopic (exact) mass is 186 g/mol. The highest BCUT2D eigenvalue weighted by atomic mass is 15.2. The number of unbranched alkanes of at least 4 members (excludes halogenated alkanes) is 4. The summed E-state index contributed by atoms with van der Waals surface area (Å²) < 4.78 is 0. The van der Waals surface area contributed by atoms with E-state index >= 15 is 0 Å². The lowest BCUT2D eigenvalue weighted by Crippen LogP contribution is -2.38. The maximum absolute atomic E-state index is 3.32. The van der Waals surface area contributed by atoms with Crippen LogP contribution < -0.4 is 5.32 Å². The van der Waals surface area contributed by atoms with E-state index < -0.39 is 0 Å². The summed E-state index contributed by atoms with van der Waals surface area (Å²) in [6.45, 7) is 2.26. The van der Waals surface area contributed by atoms with Crippen molar-refractivity contribution >= 4 is 0 Å². The van der Waals surface area contributed by atoms with Crippen molar-refractivity contribution in [2.45, 2.75) is 51.6 Å². The molecule has 0 bridgehead atoms. The fourth-order valence-electron chi connectivity index (χ4n) is 1.60. The first-order chi connectivity index (χ1) is 6.22. The van der Waals surface area contributed by atoms with Gasteiger partial charge in [-0.1, -0.05) is 39.0 Å². The van der Waals surface area contributed by atoms with E-state index in [2.05, 4.69) is 31.2 Å². The third kappa shape index (κ3) is 7.03. The van der Waals surface area contributed by atoms with Crippen LogP contribution in [0.25, 0.3) is 0 Å². The van der Waals surface area contributed by atoms with Gasteiger partial charge in [-0.2, -0.15) is 0 Å². The first-order valence-electron chi connectivity index (χ1n) is 5.56. The van der Waals surface area contributed by atoms with Gasteiger partial charge >= 0.3 is 0 Å². The normalized spacial score (nSPS) is 13.6. The number of nitrogens with one attached hydrogen (secondary N) is 1. The van der Waals surface area contributed by atoms with Crippen LogP contribution in [0.3, 0.4) is 0 Å². The quantitative estimate of drug-likeness (QED) is 0.463. The Labute approximate surface area is 83.7 Å². The van der Waals surface area contributed by atoms with Crippen molar-refractivity contribution in [2.24, 2.45) is 0 Å². The van der Waals surface area contributed by atoms with Gasteiger partial charge in [0.25, 0.3) is 0 Å². The van der Waals surface area contributed by atoms with Gasteiger partial charge in [-0.3, -0.25) is 4.90 Å². The van der Waals surface area contributed by atoms with Gasteiger partial charge in [-0.05, 0) is 27.6 Å². The number of hydrogen-bond acceptors (Lipinski definition) is 2. The molecule has 80 valence electrons. The third-order valence-electron chi connectivity index (χ3n) is 2.54. The lowest BCUT2D eigenvalue weighted by atomic mass is 10.1. The molecule has 0 aliphatic heterocycles. The zero-order valence-corrected chi connectivity index (χ0v) is 9.77. The van der Waals surface area contributed by atoms with Crippen molar-refractivity contribution in [3.63, 3.8) is 0 Å². The van der Waals surface area contributed by atoms with Crippen LogP contribution in [0.2, 0.25) is 0 Å². The van der Waals surface area contributed by atoms with E-state index in [1.807, 2.05) is 7.05 Å². The molecule has 0 spiro atoms. The molecule has 1 unspecified atom stereocenters. The zero-order chi connectivity index (χ0) is 10.1. The topological polar surface area (TPSA) is 15.3 Å². The fraction of sp³-hybridized carbons (Fsp3) is 1.00. The second kappa shape index (κ2) is 8.52. The van der Waals surface area contributed by atoms with E-state index in [1.54, 1.807) is 0 Å². The Morgan fingerprint density at radius 1 is 1.08 bits per heavy atom. The van der Waals surface area contributed by atoms with E-state index in [-0.39, 0.29) is 0 Å². The minimum absolute atomic E-state index is 0.557. The van der Waals surface area contributed by atoms with Gasteiger partial charge in [0.1, 0.15) is 0 Å². The van der Waals surface area contributed by atoms with E-state index in [1.165, 1.54) is 38.5 Å². The third-order valence-corrected chi connectivity index (χ3v) is 2.54. The Kier molecular flexibility index (Phi) is 8.46. The molecule has 0 amide bonds. The standard InChI is InChI=1S/C11H26N2/c1-5-6-7-8-9-10-11(12-2)13(3)4/h11-12H,5-10H2,1-4H3. The molecule has 0 heterocycles. The molecule has 0 rings (SSSR count). The lowest BCUT2D eigenvalue weighted by Gasteiger charge is -2.23. The van der Waals surface area contributed by atoms with Crippen LogP contribution >= 0.6 is 0 Å². The van der Waals surface area contributed by atoms with Gasteiger partial charge in [0, 0.05) is 0 Å². The van der Waals surface area contributed by atoms with Crippen LogP contribution in [0.15, 0.2) is 0 Å². The largest absolute Gasteiger partial charge is 0.305 e. The van der Waals surface area contributed by atoms with Gasteiger partial charge in [-0.25, -0.2) is 0 Å². The van der Waals surface area contributed by atoms with E-state index in [0.29, 0.717) is 6.17 Å². The minimum Gasteiger partial charge on any atom is -0.305 e. The Morgan fingerprint density at radius 2 is 1.69 bits per heavy atom. The Morgan fingerprint density at radius 3 is 2.15 bits per heavy atom. The molecular weight excluding hydrogens is 160 g/mol. The molecule has 0 fully saturated rings. The molecule has 0 aliphatic carbocycles. The van der Waals surface area contributed by atoms with Crippen LogP contribution in [0, 0.1) is 0 Å². The molecule has 1 atom stereocenters. The summed E-state index contributed by atoms with van der Waals surface area (Å²) in [5, 5.41) is 3.32. The van der Waals surface area contributed by atoms with Gasteiger partial charge < -0.3 is 5.32 Å². The van der Waals surface area contributed by atoms with Crippen molar-refractivity contribution in [3.8, 4) is 0 Å². The zero-order valence-electron chi connectivity index (χ0n) is 9.77. The molecular formula is C11H26N2. The molecule has 2 nitrogen and oxygen atoms in total. The van der Waals surface area contributed by atoms with Gasteiger partial charge in [0.05, 0.1) is 6.17 Å². The van der Waals surface area contributed by atoms with E-state index in [4.69, 9.17) is 0 Å². The fourth-order valence-corrected chi connectivity index (χ4v) is 1.60. The SMILES string of the molecule is CCCCCCCC(NC)N(C)C. The Balaban J connectivity index is 3.28. The van der Waals surface area contributed by atoms with Crippen molar-refractivity contribution in [2.75, 3.05) is 21.1 Å². The van der Waals surface area contributed by atoms with Crippen molar-refractivity contribution in [1.29, 1.82) is 0 Å². The highest BCUT2D eigenvalue weighted by molar-refractivity contribution is 4.60. The summed E-state index contributed by atoms with van der Waals surface area (Å²) in [7, 11) is 6.30. The number of nitrogens with zero attached hydrogens (tertiary/aromatic N) is 1. The summed E-state index contributed by atoms with van der Waals surface area (Å²) in [6.07, 6.45) is 8.70. The molecule has 2 heteroatoms. The summed E-state index contributed by atoms with van der Waals surface area (Å²) in [4.78, 5) is 2.25. The highest BCUT2D eigenvalue weighted by Crippen LogP contribution is 2.07. The maximum atomic E-state index is 3.32. The molecule has 0 saturated heterocycles. The number of rotatable bonds is 8. The molecule has 1 N–H and O–H groups in total. The lowest BCUT2D eigenvalue weighted by molar-refractivity contribution is 0.239. The molecule has 0 aromatic rings. The van der Waals surface area contributed by atoms with Gasteiger partial charge in [0.2, 0.25) is 0 Å². The summed E-state index contributed by atoms with van der Waals surface area (Å²) >= 11 is 0. The van der Waals surface area contributed by atoms with Crippen LogP contribution in [0.5, 0.6) is 0 Å². The van der Waals surface area contributed by atoms with Crippen molar-refractivity contribution in [1.82, 2.24) is 10.2 Å². The maximum Gasteiger partial charge on any atom is 0.0589 e. The van der Waals surface area contributed by atoms with Crippen LogP contribution in [-0.2, 0) is 0 Å². The summed E-state index contributed by atoms with van der Waals surface area (Å²) in [6, 6.07) is 0. The van der Waals surface area contributed by atoms with Crippen LogP contribution in [0.1, 0.15) is 45.4 Å². The molecule has 0 aromatic carbocycles. The average molecular weight is 186 g/mol. The smallest absolute Gasteiger partial charge is 0.0589 e. The second-order valence-corrected chi connectivity index (χ2v) is 3.97. The highest BCUT2D eigenvalue weighted by Gasteiger charge is 2.06. The van der Waals surface area contributed by atoms with Gasteiger partial charge in [-0.15, -0.1) is 0 Å². The summed E-state index contributed by atoms with van der Waals surface area (Å²) in [5.41, 5.74) is 0. The molecule has 13 heavy (non-hydrogen) atoms. The Hall–Kier alpha value is -0.0800. The predicted molar refractivity (Wildman–Crippen MR) is 59.9 cm³/mol. The van der Waals surface area contributed by atoms with Crippen LogP contribution in [-0.4, -0.2) is 32.2 Å². The Bertz CT molecular complexity index is 102. The molecule has 0 saturated carbocycles. The van der Waals surface area contributed by atoms with Gasteiger partial charge in [0.15, 0.2) is 0 Å². The van der Waals surface area contributed by atoms with E-state index in [9.17, 15) is 0 Å². The average Bonchev–Trinajstić information content (AvgIpc) is 2.10. The minimum atomic E-state index is 0.557. The first kappa shape index (κ1) is 12.9. The first-order valence-corrected chi connectivity index (χ1v) is 5.56. The van der Waals surface area contributed by atoms with Crippen molar-refractivity contribution < 1.29 is 0 Å². The summed E-state index contributed by atoms with van der Waals surface area (Å²) in [5.74, 6) is 0. The molecule has 0 aromatic heterocycles. The van der Waals surface area contributed by atoms with Crippen molar-refractivity contribution in [3.05, 3.63) is 0 Å². The molecule has 0 aliphatic rings. The predicted octanol–water partition coefficient (Wildman–Crippen LogP) is 2.45. The number of hydrogen-bond donors (Lipinski definition) is 1. The molecule has 0 radical (unpaired) electrons. The van der Waals surface area contributed by atoms with Crippen LogP contribution in [0.4, 0.5) is 0 Å².